The first-order valence-electron chi connectivity index (χ1n) is 5.93. The number of imidazole rings is 1. The van der Waals surface area contributed by atoms with E-state index in [-0.39, 0.29) is 5.25 Å². The fraction of sp³-hybridized carbons (Fsp3) is 0.133. The van der Waals surface area contributed by atoms with Gasteiger partial charge >= 0.3 is 0 Å². The zero-order chi connectivity index (χ0) is 12.5. The molecule has 1 heterocycles. The second kappa shape index (κ2) is 4.50. The van der Waals surface area contributed by atoms with Gasteiger partial charge in [-0.1, -0.05) is 36.4 Å². The number of aromatic amines is 1. The van der Waals surface area contributed by atoms with Gasteiger partial charge in [-0.3, -0.25) is 0 Å². The summed E-state index contributed by atoms with van der Waals surface area (Å²) in [7, 11) is 0. The molecule has 2 nitrogen and oxygen atoms in total. The van der Waals surface area contributed by atoms with Crippen LogP contribution in [-0.4, -0.2) is 9.97 Å². The Hall–Kier alpha value is -1.74. The van der Waals surface area contributed by atoms with E-state index in [1.54, 1.807) is 0 Å². The number of thiol groups is 1. The molecule has 0 amide bonds. The van der Waals surface area contributed by atoms with Crippen LogP contribution in [0.5, 0.6) is 0 Å². The van der Waals surface area contributed by atoms with E-state index in [4.69, 9.17) is 0 Å². The molecule has 0 saturated heterocycles. The molecule has 3 aromatic rings. The average molecular weight is 254 g/mol. The van der Waals surface area contributed by atoms with Crippen molar-refractivity contribution < 1.29 is 0 Å². The molecule has 0 fully saturated rings. The molecule has 90 valence electrons. The highest BCUT2D eigenvalue weighted by atomic mass is 32.1. The maximum atomic E-state index is 4.65. The van der Waals surface area contributed by atoms with Crippen molar-refractivity contribution in [1.82, 2.24) is 9.97 Å². The molecule has 2 aromatic carbocycles. The van der Waals surface area contributed by atoms with Crippen molar-refractivity contribution in [2.24, 2.45) is 0 Å². The number of aromatic nitrogens is 2. The summed E-state index contributed by atoms with van der Waals surface area (Å²) in [6.45, 7) is 2.08. The summed E-state index contributed by atoms with van der Waals surface area (Å²) >= 11 is 4.65. The van der Waals surface area contributed by atoms with E-state index in [2.05, 4.69) is 53.8 Å². The van der Waals surface area contributed by atoms with Gasteiger partial charge in [-0.05, 0) is 30.2 Å². The molecule has 1 N–H and O–H groups in total. The van der Waals surface area contributed by atoms with E-state index < -0.39 is 0 Å². The molecule has 18 heavy (non-hydrogen) atoms. The Morgan fingerprint density at radius 2 is 1.89 bits per heavy atom. The first-order chi connectivity index (χ1) is 8.74. The van der Waals surface area contributed by atoms with Gasteiger partial charge in [-0.15, -0.1) is 0 Å². The number of nitrogens with one attached hydrogen (secondary N) is 1. The summed E-state index contributed by atoms with van der Waals surface area (Å²) in [5.41, 5.74) is 4.44. The van der Waals surface area contributed by atoms with Crippen molar-refractivity contribution in [3.8, 4) is 0 Å². The number of hydrogen-bond donors (Lipinski definition) is 2. The van der Waals surface area contributed by atoms with Crippen LogP contribution in [0.4, 0.5) is 0 Å². The monoisotopic (exact) mass is 254 g/mol. The highest BCUT2D eigenvalue weighted by molar-refractivity contribution is 7.80. The molecule has 1 aromatic heterocycles. The van der Waals surface area contributed by atoms with Crippen molar-refractivity contribution in [3.63, 3.8) is 0 Å². The first kappa shape index (κ1) is 11.4. The Morgan fingerprint density at radius 1 is 1.11 bits per heavy atom. The van der Waals surface area contributed by atoms with E-state index in [0.717, 1.165) is 22.4 Å². The summed E-state index contributed by atoms with van der Waals surface area (Å²) in [6, 6.07) is 16.4. The van der Waals surface area contributed by atoms with Gasteiger partial charge in [0.05, 0.1) is 16.3 Å². The van der Waals surface area contributed by atoms with Crippen LogP contribution in [0.2, 0.25) is 0 Å². The van der Waals surface area contributed by atoms with E-state index in [0.29, 0.717) is 0 Å². The number of H-pyrrole nitrogens is 1. The van der Waals surface area contributed by atoms with Crippen molar-refractivity contribution in [2.45, 2.75) is 12.2 Å². The summed E-state index contributed by atoms with van der Waals surface area (Å²) in [4.78, 5) is 7.95. The lowest BCUT2D eigenvalue weighted by Gasteiger charge is -2.07. The Kier molecular flexibility index (Phi) is 2.84. The van der Waals surface area contributed by atoms with Crippen LogP contribution >= 0.6 is 12.6 Å². The minimum Gasteiger partial charge on any atom is -0.341 e. The van der Waals surface area contributed by atoms with Crippen LogP contribution < -0.4 is 0 Å². The molecule has 1 atom stereocenters. The van der Waals surface area contributed by atoms with Crippen molar-refractivity contribution >= 4 is 23.7 Å². The zero-order valence-corrected chi connectivity index (χ0v) is 11.0. The third kappa shape index (κ3) is 2.02. The van der Waals surface area contributed by atoms with Crippen molar-refractivity contribution in [2.75, 3.05) is 0 Å². The fourth-order valence-electron chi connectivity index (χ4n) is 2.07. The molecule has 0 saturated carbocycles. The predicted molar refractivity (Wildman–Crippen MR) is 78.1 cm³/mol. The van der Waals surface area contributed by atoms with Gasteiger partial charge in [0.15, 0.2) is 0 Å². The number of aryl methyl sites for hydroxylation is 1. The lowest BCUT2D eigenvalue weighted by Crippen LogP contribution is -1.95. The maximum Gasteiger partial charge on any atom is 0.124 e. The Bertz CT molecular complexity index is 673. The van der Waals surface area contributed by atoms with Crippen LogP contribution in [0.25, 0.3) is 11.0 Å². The molecule has 0 spiro atoms. The minimum absolute atomic E-state index is 0.0149. The Balaban J connectivity index is 2.04. The second-order valence-corrected chi connectivity index (χ2v) is 4.97. The van der Waals surface area contributed by atoms with Crippen LogP contribution in [0, 0.1) is 6.92 Å². The fourth-order valence-corrected chi connectivity index (χ4v) is 2.36. The molecule has 3 heteroatoms. The van der Waals surface area contributed by atoms with Crippen LogP contribution in [0.15, 0.2) is 48.5 Å². The quantitative estimate of drug-likeness (QED) is 0.667. The van der Waals surface area contributed by atoms with Crippen LogP contribution in [0.3, 0.4) is 0 Å². The minimum atomic E-state index is -0.0149. The summed E-state index contributed by atoms with van der Waals surface area (Å²) < 4.78 is 0. The largest absolute Gasteiger partial charge is 0.341 e. The predicted octanol–water partition coefficient (Wildman–Crippen LogP) is 3.89. The normalized spacial score (nSPS) is 12.8. The lowest BCUT2D eigenvalue weighted by atomic mass is 10.1. The second-order valence-electron chi connectivity index (χ2n) is 4.46. The lowest BCUT2D eigenvalue weighted by molar-refractivity contribution is 1.02. The molecule has 0 bridgehead atoms. The van der Waals surface area contributed by atoms with Crippen LogP contribution in [-0.2, 0) is 0 Å². The maximum absolute atomic E-state index is 4.65. The number of nitrogens with zero attached hydrogens (tertiary/aromatic N) is 1. The van der Waals surface area contributed by atoms with Crippen molar-refractivity contribution in [1.29, 1.82) is 0 Å². The summed E-state index contributed by atoms with van der Waals surface area (Å²) in [6.07, 6.45) is 0. The third-order valence-corrected chi connectivity index (χ3v) is 3.57. The van der Waals surface area contributed by atoms with E-state index in [1.807, 2.05) is 24.3 Å². The van der Waals surface area contributed by atoms with Gasteiger partial charge in [-0.2, -0.15) is 12.6 Å². The van der Waals surface area contributed by atoms with E-state index >= 15 is 0 Å². The standard InChI is InChI=1S/C15H14N2S/c1-10-7-8-12-13(9-10)17-15(16-12)14(18)11-5-3-2-4-6-11/h2-9,14,18H,1H3,(H,16,17). The van der Waals surface area contributed by atoms with E-state index in [9.17, 15) is 0 Å². The van der Waals surface area contributed by atoms with E-state index in [1.165, 1.54) is 5.56 Å². The number of fused-ring (bicyclic) bond motifs is 1. The first-order valence-corrected chi connectivity index (χ1v) is 6.45. The number of rotatable bonds is 2. The molecular weight excluding hydrogens is 240 g/mol. The molecule has 0 aliphatic rings. The topological polar surface area (TPSA) is 28.7 Å². The Morgan fingerprint density at radius 3 is 2.67 bits per heavy atom. The van der Waals surface area contributed by atoms with Gasteiger partial charge in [0, 0.05) is 0 Å². The van der Waals surface area contributed by atoms with Gasteiger partial charge in [0.25, 0.3) is 0 Å². The molecule has 1 unspecified atom stereocenters. The summed E-state index contributed by atoms with van der Waals surface area (Å²) in [5.74, 6) is 0.894. The third-order valence-electron chi connectivity index (χ3n) is 3.03. The molecule has 0 aliphatic carbocycles. The number of hydrogen-bond acceptors (Lipinski definition) is 2. The molecular formula is C15H14N2S. The molecule has 3 rings (SSSR count). The molecule has 0 radical (unpaired) electrons. The Labute approximate surface area is 111 Å². The number of benzene rings is 2. The van der Waals surface area contributed by atoms with Gasteiger partial charge in [0.1, 0.15) is 5.82 Å². The van der Waals surface area contributed by atoms with Crippen molar-refractivity contribution in [3.05, 3.63) is 65.5 Å². The summed E-state index contributed by atoms with van der Waals surface area (Å²) in [5, 5.41) is -0.0149. The highest BCUT2D eigenvalue weighted by Gasteiger charge is 2.13. The highest BCUT2D eigenvalue weighted by Crippen LogP contribution is 2.27. The molecule has 0 aliphatic heterocycles. The smallest absolute Gasteiger partial charge is 0.124 e. The van der Waals surface area contributed by atoms with Gasteiger partial charge < -0.3 is 4.98 Å². The average Bonchev–Trinajstić information content (AvgIpc) is 2.81. The SMILES string of the molecule is Cc1ccc2nc(C(S)c3ccccc3)[nH]c2c1. The zero-order valence-electron chi connectivity index (χ0n) is 10.1. The van der Waals surface area contributed by atoms with Gasteiger partial charge in [0.2, 0.25) is 0 Å². The van der Waals surface area contributed by atoms with Crippen LogP contribution in [0.1, 0.15) is 22.2 Å². The van der Waals surface area contributed by atoms with Gasteiger partial charge in [-0.25, -0.2) is 4.98 Å².